The molecular formula is C19H26. The van der Waals surface area contributed by atoms with Gasteiger partial charge >= 0.3 is 0 Å². The second-order valence-corrected chi connectivity index (χ2v) is 5.46. The van der Waals surface area contributed by atoms with Gasteiger partial charge in [-0.25, -0.2) is 0 Å². The maximum absolute atomic E-state index is 2.31. The molecule has 0 aliphatic rings. The van der Waals surface area contributed by atoms with Crippen LogP contribution in [0.15, 0.2) is 24.3 Å². The largest absolute Gasteiger partial charge is 0.0651 e. The first-order valence-electron chi connectivity index (χ1n) is 7.76. The third-order valence-electron chi connectivity index (χ3n) is 4.19. The predicted octanol–water partition coefficient (Wildman–Crippen LogP) is 5.62. The average molecular weight is 254 g/mol. The zero-order valence-electron chi connectivity index (χ0n) is 12.8. The topological polar surface area (TPSA) is 0 Å². The van der Waals surface area contributed by atoms with E-state index in [-0.39, 0.29) is 0 Å². The summed E-state index contributed by atoms with van der Waals surface area (Å²) in [5, 5.41) is 2.95. The van der Waals surface area contributed by atoms with Crippen LogP contribution in [0.4, 0.5) is 0 Å². The molecule has 0 N–H and O–H groups in total. The molecule has 0 radical (unpaired) electrons. The van der Waals surface area contributed by atoms with Crippen LogP contribution >= 0.6 is 0 Å². The van der Waals surface area contributed by atoms with Crippen LogP contribution in [0.3, 0.4) is 0 Å². The molecular weight excluding hydrogens is 228 g/mol. The van der Waals surface area contributed by atoms with Crippen molar-refractivity contribution >= 4 is 10.8 Å². The van der Waals surface area contributed by atoms with Gasteiger partial charge < -0.3 is 0 Å². The molecule has 2 aromatic rings. The van der Waals surface area contributed by atoms with E-state index in [9.17, 15) is 0 Å². The SMILES string of the molecule is CCCc1c(CC)c(C)c2ccccc2c1CCC. The maximum atomic E-state index is 2.31. The van der Waals surface area contributed by atoms with E-state index < -0.39 is 0 Å². The van der Waals surface area contributed by atoms with Crippen molar-refractivity contribution in [3.05, 3.63) is 46.5 Å². The van der Waals surface area contributed by atoms with Crippen LogP contribution in [0, 0.1) is 6.92 Å². The van der Waals surface area contributed by atoms with E-state index >= 15 is 0 Å². The quantitative estimate of drug-likeness (QED) is 0.650. The lowest BCUT2D eigenvalue weighted by atomic mass is 9.85. The van der Waals surface area contributed by atoms with Crippen molar-refractivity contribution in [1.29, 1.82) is 0 Å². The van der Waals surface area contributed by atoms with Crippen molar-refractivity contribution in [1.82, 2.24) is 0 Å². The van der Waals surface area contributed by atoms with Crippen molar-refractivity contribution in [3.8, 4) is 0 Å². The predicted molar refractivity (Wildman–Crippen MR) is 86.1 cm³/mol. The first-order valence-corrected chi connectivity index (χ1v) is 7.76. The van der Waals surface area contributed by atoms with Gasteiger partial charge in [0.1, 0.15) is 0 Å². The van der Waals surface area contributed by atoms with Crippen LogP contribution in [0.5, 0.6) is 0 Å². The number of benzene rings is 2. The highest BCUT2D eigenvalue weighted by Crippen LogP contribution is 2.32. The van der Waals surface area contributed by atoms with Crippen LogP contribution in [0.2, 0.25) is 0 Å². The maximum Gasteiger partial charge on any atom is -0.0146 e. The molecule has 0 aliphatic heterocycles. The van der Waals surface area contributed by atoms with Gasteiger partial charge in [0, 0.05) is 0 Å². The summed E-state index contributed by atoms with van der Waals surface area (Å²) < 4.78 is 0. The molecule has 0 heteroatoms. The zero-order valence-corrected chi connectivity index (χ0v) is 12.8. The van der Waals surface area contributed by atoms with Gasteiger partial charge in [0.05, 0.1) is 0 Å². The van der Waals surface area contributed by atoms with Gasteiger partial charge in [-0.3, -0.25) is 0 Å². The van der Waals surface area contributed by atoms with Crippen molar-refractivity contribution in [2.75, 3.05) is 0 Å². The summed E-state index contributed by atoms with van der Waals surface area (Å²) in [6.45, 7) is 9.18. The molecule has 0 spiro atoms. The van der Waals surface area contributed by atoms with E-state index in [0.29, 0.717) is 0 Å². The van der Waals surface area contributed by atoms with Gasteiger partial charge in [0.25, 0.3) is 0 Å². The molecule has 2 rings (SSSR count). The van der Waals surface area contributed by atoms with E-state index in [0.717, 1.165) is 6.42 Å². The van der Waals surface area contributed by atoms with Crippen molar-refractivity contribution < 1.29 is 0 Å². The first-order chi connectivity index (χ1) is 9.24. The van der Waals surface area contributed by atoms with E-state index in [1.54, 1.807) is 16.7 Å². The fraction of sp³-hybridized carbons (Fsp3) is 0.474. The number of rotatable bonds is 5. The van der Waals surface area contributed by atoms with Gasteiger partial charge in [0.15, 0.2) is 0 Å². The summed E-state index contributed by atoms with van der Waals surface area (Å²) in [7, 11) is 0. The highest BCUT2D eigenvalue weighted by molar-refractivity contribution is 5.91. The highest BCUT2D eigenvalue weighted by Gasteiger charge is 2.14. The number of hydrogen-bond donors (Lipinski definition) is 0. The Morgan fingerprint density at radius 1 is 0.737 bits per heavy atom. The van der Waals surface area contributed by atoms with Gasteiger partial charge in [-0.1, -0.05) is 57.9 Å². The van der Waals surface area contributed by atoms with Crippen LogP contribution < -0.4 is 0 Å². The Balaban J connectivity index is 2.82. The van der Waals surface area contributed by atoms with Gasteiger partial charge in [-0.15, -0.1) is 0 Å². The van der Waals surface area contributed by atoms with Crippen molar-refractivity contribution in [2.24, 2.45) is 0 Å². The second kappa shape index (κ2) is 6.23. The fourth-order valence-electron chi connectivity index (χ4n) is 3.37. The van der Waals surface area contributed by atoms with Crippen LogP contribution in [-0.4, -0.2) is 0 Å². The molecule has 102 valence electrons. The Kier molecular flexibility index (Phi) is 4.63. The highest BCUT2D eigenvalue weighted by atomic mass is 14.2. The zero-order chi connectivity index (χ0) is 13.8. The molecule has 0 saturated heterocycles. The van der Waals surface area contributed by atoms with Crippen LogP contribution in [0.1, 0.15) is 55.9 Å². The third kappa shape index (κ3) is 2.54. The first kappa shape index (κ1) is 14.1. The molecule has 0 aromatic heterocycles. The lowest BCUT2D eigenvalue weighted by Crippen LogP contribution is -2.04. The number of fused-ring (bicyclic) bond motifs is 1. The lowest BCUT2D eigenvalue weighted by molar-refractivity contribution is 0.849. The standard InChI is InChI=1S/C19H26/c1-5-10-17-15(7-3)14(4)16-12-8-9-13-19(16)18(17)11-6-2/h8-9,12-13H,5-7,10-11H2,1-4H3. The van der Waals surface area contributed by atoms with E-state index in [1.807, 2.05) is 0 Å². The Bertz CT molecular complexity index is 564. The molecule has 0 nitrogen and oxygen atoms in total. The van der Waals surface area contributed by atoms with Gasteiger partial charge in [-0.2, -0.15) is 0 Å². The normalized spacial score (nSPS) is 11.2. The Morgan fingerprint density at radius 2 is 1.32 bits per heavy atom. The molecule has 0 bridgehead atoms. The molecule has 2 aromatic carbocycles. The number of hydrogen-bond acceptors (Lipinski definition) is 0. The fourth-order valence-corrected chi connectivity index (χ4v) is 3.37. The van der Waals surface area contributed by atoms with Crippen molar-refractivity contribution in [2.45, 2.75) is 59.8 Å². The smallest absolute Gasteiger partial charge is 0.0146 e. The molecule has 0 amide bonds. The third-order valence-corrected chi connectivity index (χ3v) is 4.19. The second-order valence-electron chi connectivity index (χ2n) is 5.46. The van der Waals surface area contributed by atoms with E-state index in [4.69, 9.17) is 0 Å². The minimum Gasteiger partial charge on any atom is -0.0651 e. The molecule has 0 heterocycles. The van der Waals surface area contributed by atoms with Crippen molar-refractivity contribution in [3.63, 3.8) is 0 Å². The Morgan fingerprint density at radius 3 is 1.89 bits per heavy atom. The summed E-state index contributed by atoms with van der Waals surface area (Å²) in [4.78, 5) is 0. The summed E-state index contributed by atoms with van der Waals surface area (Å²) in [5.74, 6) is 0. The lowest BCUT2D eigenvalue weighted by Gasteiger charge is -2.20. The Labute approximate surface area is 117 Å². The average Bonchev–Trinajstić information content (AvgIpc) is 2.44. The monoisotopic (exact) mass is 254 g/mol. The van der Waals surface area contributed by atoms with E-state index in [1.165, 1.54) is 42.0 Å². The molecule has 0 fully saturated rings. The minimum absolute atomic E-state index is 1.16. The van der Waals surface area contributed by atoms with Gasteiger partial charge in [-0.05, 0) is 59.2 Å². The van der Waals surface area contributed by atoms with E-state index in [2.05, 4.69) is 52.0 Å². The summed E-state index contributed by atoms with van der Waals surface area (Å²) >= 11 is 0. The summed E-state index contributed by atoms with van der Waals surface area (Å²) in [6.07, 6.45) is 6.06. The molecule has 0 unspecified atom stereocenters. The van der Waals surface area contributed by atoms with Crippen LogP contribution in [0.25, 0.3) is 10.8 Å². The molecule has 0 aliphatic carbocycles. The van der Waals surface area contributed by atoms with Crippen LogP contribution in [-0.2, 0) is 19.3 Å². The molecule has 0 saturated carbocycles. The number of aryl methyl sites for hydroxylation is 2. The molecule has 19 heavy (non-hydrogen) atoms. The summed E-state index contributed by atoms with van der Waals surface area (Å²) in [5.41, 5.74) is 6.36. The summed E-state index contributed by atoms with van der Waals surface area (Å²) in [6, 6.07) is 8.96. The molecule has 0 atom stereocenters. The minimum atomic E-state index is 1.16. The Hall–Kier alpha value is -1.30. The van der Waals surface area contributed by atoms with Gasteiger partial charge in [0.2, 0.25) is 0 Å².